The summed E-state index contributed by atoms with van der Waals surface area (Å²) in [6.07, 6.45) is 7.72. The smallest absolute Gasteiger partial charge is 0.246 e. The maximum atomic E-state index is 13.2. The van der Waals surface area contributed by atoms with Gasteiger partial charge in [-0.25, -0.2) is 0 Å². The molecule has 2 amide bonds. The van der Waals surface area contributed by atoms with Crippen molar-refractivity contribution in [1.29, 1.82) is 0 Å². The minimum absolute atomic E-state index is 0.0652. The number of hydrogen-bond donors (Lipinski definition) is 1. The molecule has 0 radical (unpaired) electrons. The fraction of sp³-hybridized carbons (Fsp3) is 0.900. The van der Waals surface area contributed by atoms with E-state index < -0.39 is 5.54 Å². The first-order valence-electron chi connectivity index (χ1n) is 9.77. The van der Waals surface area contributed by atoms with Crippen molar-refractivity contribution >= 4 is 11.8 Å². The van der Waals surface area contributed by atoms with Crippen LogP contribution in [0.1, 0.15) is 86.0 Å². The number of amides is 2. The Bertz CT molecular complexity index is 457. The first-order valence-corrected chi connectivity index (χ1v) is 9.77. The van der Waals surface area contributed by atoms with Crippen LogP contribution in [0, 0.1) is 11.8 Å². The molecule has 138 valence electrons. The third-order valence-corrected chi connectivity index (χ3v) is 5.37. The van der Waals surface area contributed by atoms with Crippen LogP contribution in [0.3, 0.4) is 0 Å². The van der Waals surface area contributed by atoms with Gasteiger partial charge in [-0.3, -0.25) is 9.59 Å². The molecule has 0 bridgehead atoms. The minimum Gasteiger partial charge on any atom is -0.349 e. The molecular weight excluding hydrogens is 300 g/mol. The molecule has 0 aromatic carbocycles. The second-order valence-corrected chi connectivity index (χ2v) is 9.35. The Balaban J connectivity index is 2.25. The van der Waals surface area contributed by atoms with Gasteiger partial charge in [-0.05, 0) is 51.9 Å². The van der Waals surface area contributed by atoms with Gasteiger partial charge in [0.15, 0.2) is 0 Å². The number of likely N-dealkylation sites (tertiary alicyclic amines) is 1. The molecule has 2 aliphatic rings. The Morgan fingerprint density at radius 1 is 1.21 bits per heavy atom. The average Bonchev–Trinajstić information content (AvgIpc) is 2.67. The van der Waals surface area contributed by atoms with Gasteiger partial charge in [-0.1, -0.05) is 39.5 Å². The van der Waals surface area contributed by atoms with Crippen molar-refractivity contribution < 1.29 is 9.59 Å². The number of carbonyl (C=O) groups excluding carboxylic acids is 2. The van der Waals surface area contributed by atoms with Gasteiger partial charge in [-0.15, -0.1) is 0 Å². The molecule has 4 nitrogen and oxygen atoms in total. The Kier molecular flexibility index (Phi) is 5.98. The summed E-state index contributed by atoms with van der Waals surface area (Å²) in [5.74, 6) is 1.25. The van der Waals surface area contributed by atoms with Crippen LogP contribution in [0.5, 0.6) is 0 Å². The maximum Gasteiger partial charge on any atom is 0.246 e. The highest BCUT2D eigenvalue weighted by molar-refractivity contribution is 5.92. The van der Waals surface area contributed by atoms with Gasteiger partial charge in [-0.2, -0.15) is 0 Å². The predicted octanol–water partition coefficient (Wildman–Crippen LogP) is 3.89. The van der Waals surface area contributed by atoms with Crippen molar-refractivity contribution in [2.24, 2.45) is 11.8 Å². The van der Waals surface area contributed by atoms with E-state index in [0.29, 0.717) is 18.3 Å². The standard InChI is InChI=1S/C20H36N2O2/c1-15(2)12-16-13-17(23)22(14-16)20(10-8-6-7-9-11-20)18(24)21-19(3,4)5/h15-16H,6-14H2,1-5H3,(H,21,24)/t16-/m1/s1. The van der Waals surface area contributed by atoms with E-state index in [9.17, 15) is 9.59 Å². The quantitative estimate of drug-likeness (QED) is 0.792. The average molecular weight is 337 g/mol. The lowest BCUT2D eigenvalue weighted by Gasteiger charge is -2.42. The van der Waals surface area contributed by atoms with Gasteiger partial charge in [0.2, 0.25) is 11.8 Å². The number of nitrogens with one attached hydrogen (secondary N) is 1. The highest BCUT2D eigenvalue weighted by atomic mass is 16.2. The van der Waals surface area contributed by atoms with E-state index in [1.165, 1.54) is 12.8 Å². The first-order chi connectivity index (χ1) is 11.1. The van der Waals surface area contributed by atoms with Crippen LogP contribution >= 0.6 is 0 Å². The molecule has 1 N–H and O–H groups in total. The van der Waals surface area contributed by atoms with Crippen LogP contribution in [0.4, 0.5) is 0 Å². The second kappa shape index (κ2) is 7.45. The zero-order valence-electron chi connectivity index (χ0n) is 16.3. The molecule has 1 saturated heterocycles. The van der Waals surface area contributed by atoms with E-state index in [1.54, 1.807) is 0 Å². The van der Waals surface area contributed by atoms with Gasteiger partial charge < -0.3 is 10.2 Å². The van der Waals surface area contributed by atoms with Crippen molar-refractivity contribution in [3.8, 4) is 0 Å². The van der Waals surface area contributed by atoms with E-state index in [0.717, 1.165) is 38.6 Å². The van der Waals surface area contributed by atoms with E-state index in [1.807, 2.05) is 25.7 Å². The van der Waals surface area contributed by atoms with Crippen molar-refractivity contribution in [2.75, 3.05) is 6.54 Å². The first kappa shape index (κ1) is 19.3. The maximum absolute atomic E-state index is 13.2. The van der Waals surface area contributed by atoms with Gasteiger partial charge in [0.1, 0.15) is 5.54 Å². The monoisotopic (exact) mass is 336 g/mol. The Morgan fingerprint density at radius 3 is 2.29 bits per heavy atom. The summed E-state index contributed by atoms with van der Waals surface area (Å²) in [5.41, 5.74) is -0.886. The SMILES string of the molecule is CC(C)C[C@@H]1CC(=O)N(C2(C(=O)NC(C)(C)C)CCCCCC2)C1. The molecule has 0 spiro atoms. The zero-order valence-corrected chi connectivity index (χ0v) is 16.3. The minimum atomic E-state index is -0.618. The van der Waals surface area contributed by atoms with Gasteiger partial charge >= 0.3 is 0 Å². The van der Waals surface area contributed by atoms with Crippen molar-refractivity contribution in [3.05, 3.63) is 0 Å². The van der Waals surface area contributed by atoms with Crippen molar-refractivity contribution in [2.45, 2.75) is 97.1 Å². The highest BCUT2D eigenvalue weighted by Gasteiger charge is 2.50. The molecule has 1 aliphatic heterocycles. The van der Waals surface area contributed by atoms with Crippen LogP contribution < -0.4 is 5.32 Å². The molecule has 0 unspecified atom stereocenters. The zero-order chi connectivity index (χ0) is 18.0. The molecular formula is C20H36N2O2. The lowest BCUT2D eigenvalue weighted by atomic mass is 9.86. The van der Waals surface area contributed by atoms with Gasteiger partial charge in [0, 0.05) is 18.5 Å². The topological polar surface area (TPSA) is 49.4 Å². The highest BCUT2D eigenvalue weighted by Crippen LogP contribution is 2.38. The molecule has 1 saturated carbocycles. The molecule has 1 aliphatic carbocycles. The van der Waals surface area contributed by atoms with Crippen LogP contribution in [0.25, 0.3) is 0 Å². The van der Waals surface area contributed by atoms with Gasteiger partial charge in [0.25, 0.3) is 0 Å². The number of nitrogens with zero attached hydrogens (tertiary/aromatic N) is 1. The number of hydrogen-bond acceptors (Lipinski definition) is 2. The van der Waals surface area contributed by atoms with Crippen LogP contribution in [0.2, 0.25) is 0 Å². The molecule has 2 rings (SSSR count). The summed E-state index contributed by atoms with van der Waals surface area (Å²) in [7, 11) is 0. The van der Waals surface area contributed by atoms with E-state index in [4.69, 9.17) is 0 Å². The Hall–Kier alpha value is -1.06. The van der Waals surface area contributed by atoms with Gasteiger partial charge in [0.05, 0.1) is 0 Å². The normalized spacial score (nSPS) is 25.0. The predicted molar refractivity (Wildman–Crippen MR) is 97.6 cm³/mol. The fourth-order valence-corrected chi connectivity index (χ4v) is 4.41. The molecule has 1 atom stereocenters. The fourth-order valence-electron chi connectivity index (χ4n) is 4.41. The molecule has 2 fully saturated rings. The van der Waals surface area contributed by atoms with E-state index >= 15 is 0 Å². The Labute approximate surface area is 147 Å². The largest absolute Gasteiger partial charge is 0.349 e. The third-order valence-electron chi connectivity index (χ3n) is 5.37. The molecule has 0 aromatic rings. The Morgan fingerprint density at radius 2 is 1.79 bits per heavy atom. The molecule has 1 heterocycles. The summed E-state index contributed by atoms with van der Waals surface area (Å²) in [4.78, 5) is 28.0. The summed E-state index contributed by atoms with van der Waals surface area (Å²) in [6, 6.07) is 0. The molecule has 24 heavy (non-hydrogen) atoms. The third kappa shape index (κ3) is 4.52. The summed E-state index contributed by atoms with van der Waals surface area (Å²) >= 11 is 0. The van der Waals surface area contributed by atoms with Crippen molar-refractivity contribution in [1.82, 2.24) is 10.2 Å². The van der Waals surface area contributed by atoms with Crippen LogP contribution in [0.15, 0.2) is 0 Å². The second-order valence-electron chi connectivity index (χ2n) is 9.35. The summed E-state index contributed by atoms with van der Waals surface area (Å²) < 4.78 is 0. The molecule has 0 aromatic heterocycles. The van der Waals surface area contributed by atoms with Crippen LogP contribution in [-0.2, 0) is 9.59 Å². The lowest BCUT2D eigenvalue weighted by molar-refractivity contribution is -0.146. The summed E-state index contributed by atoms with van der Waals surface area (Å²) in [6.45, 7) is 11.2. The summed E-state index contributed by atoms with van der Waals surface area (Å²) in [5, 5.41) is 3.18. The van der Waals surface area contributed by atoms with Crippen molar-refractivity contribution in [3.63, 3.8) is 0 Å². The lowest BCUT2D eigenvalue weighted by Crippen LogP contribution is -2.62. The van der Waals surface area contributed by atoms with E-state index in [2.05, 4.69) is 19.2 Å². The number of rotatable bonds is 4. The molecule has 4 heteroatoms. The van der Waals surface area contributed by atoms with Crippen LogP contribution in [-0.4, -0.2) is 34.3 Å². The van der Waals surface area contributed by atoms with E-state index in [-0.39, 0.29) is 17.4 Å². The number of carbonyl (C=O) groups is 2.